The molecular formula is C11H19F3O2. The molecule has 2 nitrogen and oxygen atoms in total. The molecule has 16 heavy (non-hydrogen) atoms. The number of halogens is 3. The van der Waals surface area contributed by atoms with Crippen molar-refractivity contribution < 1.29 is 23.0 Å². The molecule has 1 fully saturated rings. The van der Waals surface area contributed by atoms with Crippen molar-refractivity contribution in [3.63, 3.8) is 0 Å². The molecule has 1 aliphatic heterocycles. The van der Waals surface area contributed by atoms with Crippen molar-refractivity contribution in [1.29, 1.82) is 0 Å². The fourth-order valence-corrected chi connectivity index (χ4v) is 1.89. The van der Waals surface area contributed by atoms with Gasteiger partial charge in [0.15, 0.2) is 0 Å². The van der Waals surface area contributed by atoms with Gasteiger partial charge in [-0.05, 0) is 38.5 Å². The van der Waals surface area contributed by atoms with Gasteiger partial charge in [-0.2, -0.15) is 13.2 Å². The fraction of sp³-hybridized carbons (Fsp3) is 1.00. The summed E-state index contributed by atoms with van der Waals surface area (Å²) < 4.78 is 41.1. The van der Waals surface area contributed by atoms with E-state index in [1.165, 1.54) is 0 Å². The molecule has 0 aromatic rings. The van der Waals surface area contributed by atoms with E-state index in [4.69, 9.17) is 4.74 Å². The molecule has 0 aliphatic carbocycles. The fourth-order valence-electron chi connectivity index (χ4n) is 1.89. The molecule has 1 N–H and O–H groups in total. The first-order chi connectivity index (χ1) is 7.47. The van der Waals surface area contributed by atoms with Crippen LogP contribution in [0.4, 0.5) is 13.2 Å². The number of rotatable bonds is 5. The third-order valence-corrected chi connectivity index (χ3v) is 2.86. The molecule has 0 amide bonds. The summed E-state index contributed by atoms with van der Waals surface area (Å²) in [6.45, 7) is 0.739. The van der Waals surface area contributed by atoms with E-state index in [2.05, 4.69) is 0 Å². The van der Waals surface area contributed by atoms with Gasteiger partial charge in [-0.25, -0.2) is 0 Å². The van der Waals surface area contributed by atoms with E-state index in [9.17, 15) is 18.3 Å². The number of hydrogen-bond donors (Lipinski definition) is 1. The lowest BCUT2D eigenvalue weighted by Crippen LogP contribution is -2.22. The molecule has 2 atom stereocenters. The number of aliphatic hydroxyl groups is 1. The van der Waals surface area contributed by atoms with Crippen LogP contribution < -0.4 is 0 Å². The SMILES string of the molecule is OC(CCC1CCCCO1)CCC(F)(F)F. The summed E-state index contributed by atoms with van der Waals surface area (Å²) in [7, 11) is 0. The van der Waals surface area contributed by atoms with Crippen LogP contribution in [0.1, 0.15) is 44.9 Å². The first-order valence-electron chi connectivity index (χ1n) is 5.84. The standard InChI is InChI=1S/C11H19F3O2/c12-11(13,14)7-6-9(15)4-5-10-3-1-2-8-16-10/h9-10,15H,1-8H2. The van der Waals surface area contributed by atoms with Gasteiger partial charge in [0.2, 0.25) is 0 Å². The molecule has 0 aromatic carbocycles. The van der Waals surface area contributed by atoms with E-state index in [1.54, 1.807) is 0 Å². The highest BCUT2D eigenvalue weighted by Gasteiger charge is 2.28. The Kier molecular flexibility index (Phi) is 5.55. The van der Waals surface area contributed by atoms with Crippen LogP contribution in [0.5, 0.6) is 0 Å². The number of hydrogen-bond acceptors (Lipinski definition) is 2. The third-order valence-electron chi connectivity index (χ3n) is 2.86. The van der Waals surface area contributed by atoms with Gasteiger partial charge in [0, 0.05) is 13.0 Å². The molecule has 5 heteroatoms. The van der Waals surface area contributed by atoms with Crippen molar-refractivity contribution in [3.8, 4) is 0 Å². The topological polar surface area (TPSA) is 29.5 Å². The molecule has 0 bridgehead atoms. The summed E-state index contributed by atoms with van der Waals surface area (Å²) in [6.07, 6.45) is -1.78. The molecular weight excluding hydrogens is 221 g/mol. The van der Waals surface area contributed by atoms with Gasteiger partial charge in [-0.3, -0.25) is 0 Å². The molecule has 0 radical (unpaired) electrons. The number of alkyl halides is 3. The second-order valence-electron chi connectivity index (χ2n) is 4.37. The molecule has 1 saturated heterocycles. The summed E-state index contributed by atoms with van der Waals surface area (Å²) in [6, 6.07) is 0. The lowest BCUT2D eigenvalue weighted by molar-refractivity contribution is -0.140. The van der Waals surface area contributed by atoms with E-state index in [-0.39, 0.29) is 12.5 Å². The van der Waals surface area contributed by atoms with Gasteiger partial charge in [0.05, 0.1) is 12.2 Å². The smallest absolute Gasteiger partial charge is 0.389 e. The first-order valence-corrected chi connectivity index (χ1v) is 5.84. The van der Waals surface area contributed by atoms with E-state index in [0.717, 1.165) is 25.9 Å². The maximum absolute atomic E-state index is 11.9. The predicted octanol–water partition coefficient (Wildman–Crippen LogP) is 3.04. The highest BCUT2D eigenvalue weighted by molar-refractivity contribution is 4.67. The number of aliphatic hydroxyl groups excluding tert-OH is 1. The van der Waals surface area contributed by atoms with Gasteiger partial charge in [-0.15, -0.1) is 0 Å². The Labute approximate surface area is 93.8 Å². The monoisotopic (exact) mass is 240 g/mol. The Morgan fingerprint density at radius 3 is 2.56 bits per heavy atom. The Hall–Kier alpha value is -0.290. The number of ether oxygens (including phenoxy) is 1. The van der Waals surface area contributed by atoms with Crippen LogP contribution in [0.25, 0.3) is 0 Å². The largest absolute Gasteiger partial charge is 0.393 e. The van der Waals surface area contributed by atoms with E-state index in [0.29, 0.717) is 12.8 Å². The average molecular weight is 240 g/mol. The molecule has 1 rings (SSSR count). The zero-order chi connectivity index (χ0) is 12.0. The first kappa shape index (κ1) is 13.8. The van der Waals surface area contributed by atoms with Crippen molar-refractivity contribution in [2.24, 2.45) is 0 Å². The molecule has 1 heterocycles. The van der Waals surface area contributed by atoms with E-state index in [1.807, 2.05) is 0 Å². The van der Waals surface area contributed by atoms with Gasteiger partial charge >= 0.3 is 6.18 Å². The highest BCUT2D eigenvalue weighted by Crippen LogP contribution is 2.24. The van der Waals surface area contributed by atoms with Crippen LogP contribution in [0.3, 0.4) is 0 Å². The average Bonchev–Trinajstić information content (AvgIpc) is 2.24. The van der Waals surface area contributed by atoms with Crippen LogP contribution in [0, 0.1) is 0 Å². The minimum Gasteiger partial charge on any atom is -0.393 e. The Bertz CT molecular complexity index is 188. The summed E-state index contributed by atoms with van der Waals surface area (Å²) in [5.41, 5.74) is 0. The quantitative estimate of drug-likeness (QED) is 0.800. The summed E-state index contributed by atoms with van der Waals surface area (Å²) in [4.78, 5) is 0. The lowest BCUT2D eigenvalue weighted by atomic mass is 10.0. The molecule has 0 saturated carbocycles. The predicted molar refractivity (Wildman–Crippen MR) is 54.1 cm³/mol. The van der Waals surface area contributed by atoms with Crippen molar-refractivity contribution >= 4 is 0 Å². The van der Waals surface area contributed by atoms with Gasteiger partial charge < -0.3 is 9.84 Å². The molecule has 1 aliphatic rings. The van der Waals surface area contributed by atoms with E-state index < -0.39 is 18.7 Å². The van der Waals surface area contributed by atoms with Crippen molar-refractivity contribution in [2.75, 3.05) is 6.61 Å². The molecule has 96 valence electrons. The minimum absolute atomic E-state index is 0.134. The maximum Gasteiger partial charge on any atom is 0.389 e. The zero-order valence-corrected chi connectivity index (χ0v) is 9.30. The summed E-state index contributed by atoms with van der Waals surface area (Å²) >= 11 is 0. The Morgan fingerprint density at radius 1 is 1.25 bits per heavy atom. The van der Waals surface area contributed by atoms with E-state index >= 15 is 0 Å². The Balaban J connectivity index is 2.07. The molecule has 2 unspecified atom stereocenters. The highest BCUT2D eigenvalue weighted by atomic mass is 19.4. The van der Waals surface area contributed by atoms with Crippen LogP contribution in [-0.2, 0) is 4.74 Å². The second kappa shape index (κ2) is 6.45. The Morgan fingerprint density at radius 2 is 2.00 bits per heavy atom. The van der Waals surface area contributed by atoms with Gasteiger partial charge in [-0.1, -0.05) is 0 Å². The van der Waals surface area contributed by atoms with Crippen LogP contribution >= 0.6 is 0 Å². The van der Waals surface area contributed by atoms with Gasteiger partial charge in [0.25, 0.3) is 0 Å². The third kappa shape index (κ3) is 6.33. The normalized spacial score (nSPS) is 24.4. The summed E-state index contributed by atoms with van der Waals surface area (Å²) in [5.74, 6) is 0. The lowest BCUT2D eigenvalue weighted by Gasteiger charge is -2.23. The molecule has 0 spiro atoms. The summed E-state index contributed by atoms with van der Waals surface area (Å²) in [5, 5.41) is 9.39. The zero-order valence-electron chi connectivity index (χ0n) is 9.30. The van der Waals surface area contributed by atoms with Crippen LogP contribution in [-0.4, -0.2) is 30.1 Å². The van der Waals surface area contributed by atoms with Crippen LogP contribution in [0.2, 0.25) is 0 Å². The van der Waals surface area contributed by atoms with Gasteiger partial charge in [0.1, 0.15) is 0 Å². The minimum atomic E-state index is -4.16. The maximum atomic E-state index is 11.9. The van der Waals surface area contributed by atoms with Crippen molar-refractivity contribution in [1.82, 2.24) is 0 Å². The van der Waals surface area contributed by atoms with Crippen molar-refractivity contribution in [2.45, 2.75) is 63.3 Å². The second-order valence-corrected chi connectivity index (χ2v) is 4.37. The van der Waals surface area contributed by atoms with Crippen LogP contribution in [0.15, 0.2) is 0 Å². The van der Waals surface area contributed by atoms with Crippen molar-refractivity contribution in [3.05, 3.63) is 0 Å². The molecule has 0 aromatic heterocycles.